The predicted octanol–water partition coefficient (Wildman–Crippen LogP) is 3.52. The fourth-order valence-corrected chi connectivity index (χ4v) is 3.23. The van der Waals surface area contributed by atoms with Crippen LogP contribution in [0.25, 0.3) is 0 Å². The number of imide groups is 1. The van der Waals surface area contributed by atoms with Gasteiger partial charge in [-0.05, 0) is 37.0 Å². The molecule has 0 N–H and O–H groups in total. The summed E-state index contributed by atoms with van der Waals surface area (Å²) in [6.45, 7) is 0.559. The van der Waals surface area contributed by atoms with Crippen molar-refractivity contribution >= 4 is 23.4 Å². The number of carbonyl (C=O) groups excluding carboxylic acids is 2. The molecule has 3 nitrogen and oxygen atoms in total. The lowest BCUT2D eigenvalue weighted by Crippen LogP contribution is -2.35. The molecule has 0 unspecified atom stereocenters. The second-order valence-corrected chi connectivity index (χ2v) is 5.85. The van der Waals surface area contributed by atoms with Crippen LogP contribution in [0.2, 0.25) is 5.02 Å². The highest BCUT2D eigenvalue weighted by atomic mass is 35.5. The number of rotatable bonds is 2. The first kappa shape index (κ1) is 12.7. The van der Waals surface area contributed by atoms with Gasteiger partial charge in [0.15, 0.2) is 0 Å². The average molecular weight is 278 g/mol. The molecule has 100 valence electrons. The third kappa shape index (κ3) is 2.27. The van der Waals surface area contributed by atoms with Crippen LogP contribution < -0.4 is 0 Å². The maximum Gasteiger partial charge on any atom is 0.261 e. The van der Waals surface area contributed by atoms with Gasteiger partial charge in [0.25, 0.3) is 11.8 Å². The maximum absolute atomic E-state index is 12.3. The molecule has 0 radical (unpaired) electrons. The number of hydrogen-bond acceptors (Lipinski definition) is 2. The number of benzene rings is 1. The Morgan fingerprint density at radius 2 is 1.74 bits per heavy atom. The molecule has 1 heterocycles. The summed E-state index contributed by atoms with van der Waals surface area (Å²) in [6.07, 6.45) is 5.93. The van der Waals surface area contributed by atoms with Gasteiger partial charge in [0, 0.05) is 11.6 Å². The monoisotopic (exact) mass is 277 g/mol. The Labute approximate surface area is 117 Å². The molecule has 4 heteroatoms. The van der Waals surface area contributed by atoms with Crippen LogP contribution in [0.5, 0.6) is 0 Å². The first-order chi connectivity index (χ1) is 9.16. The Bertz CT molecular complexity index is 535. The van der Waals surface area contributed by atoms with E-state index in [1.807, 2.05) is 0 Å². The highest BCUT2D eigenvalue weighted by Gasteiger charge is 2.36. The minimum Gasteiger partial charge on any atom is -0.274 e. The van der Waals surface area contributed by atoms with Gasteiger partial charge in [0.05, 0.1) is 11.1 Å². The number of carbonyl (C=O) groups is 2. The second kappa shape index (κ2) is 4.97. The van der Waals surface area contributed by atoms with Crippen LogP contribution in [0.4, 0.5) is 0 Å². The molecule has 3 rings (SSSR count). The van der Waals surface area contributed by atoms with Crippen molar-refractivity contribution < 1.29 is 9.59 Å². The Morgan fingerprint density at radius 3 is 2.47 bits per heavy atom. The van der Waals surface area contributed by atoms with Gasteiger partial charge < -0.3 is 0 Å². The van der Waals surface area contributed by atoms with E-state index in [2.05, 4.69) is 0 Å². The van der Waals surface area contributed by atoms with Crippen LogP contribution in [0.15, 0.2) is 18.2 Å². The minimum absolute atomic E-state index is 0.165. The largest absolute Gasteiger partial charge is 0.274 e. The molecule has 19 heavy (non-hydrogen) atoms. The summed E-state index contributed by atoms with van der Waals surface area (Å²) in [5.74, 6) is 0.113. The zero-order valence-corrected chi connectivity index (χ0v) is 11.4. The van der Waals surface area contributed by atoms with Crippen molar-refractivity contribution in [2.45, 2.75) is 32.1 Å². The Morgan fingerprint density at radius 1 is 1.05 bits per heavy atom. The Balaban J connectivity index is 1.81. The van der Waals surface area contributed by atoms with Gasteiger partial charge in [-0.25, -0.2) is 0 Å². The topological polar surface area (TPSA) is 37.4 Å². The van der Waals surface area contributed by atoms with Gasteiger partial charge in [0.2, 0.25) is 0 Å². The fraction of sp³-hybridized carbons (Fsp3) is 0.467. The van der Waals surface area contributed by atoms with Crippen LogP contribution >= 0.6 is 11.6 Å². The minimum atomic E-state index is -0.187. The molecule has 1 fully saturated rings. The van der Waals surface area contributed by atoms with Gasteiger partial charge in [-0.2, -0.15) is 0 Å². The van der Waals surface area contributed by atoms with Crippen LogP contribution in [0, 0.1) is 5.92 Å². The van der Waals surface area contributed by atoms with E-state index in [0.717, 1.165) is 12.8 Å². The molecule has 2 aliphatic rings. The van der Waals surface area contributed by atoms with Crippen molar-refractivity contribution in [1.82, 2.24) is 4.90 Å². The van der Waals surface area contributed by atoms with E-state index in [1.165, 1.54) is 24.2 Å². The van der Waals surface area contributed by atoms with Crippen molar-refractivity contribution in [1.29, 1.82) is 0 Å². The molecule has 1 aromatic rings. The number of fused-ring (bicyclic) bond motifs is 1. The van der Waals surface area contributed by atoms with E-state index in [0.29, 0.717) is 28.6 Å². The van der Waals surface area contributed by atoms with Gasteiger partial charge in [-0.1, -0.05) is 30.9 Å². The summed E-state index contributed by atoms with van der Waals surface area (Å²) in [4.78, 5) is 25.9. The summed E-state index contributed by atoms with van der Waals surface area (Å²) < 4.78 is 0. The molecule has 0 saturated heterocycles. The van der Waals surface area contributed by atoms with Crippen molar-refractivity contribution in [2.75, 3.05) is 6.54 Å². The highest BCUT2D eigenvalue weighted by molar-refractivity contribution is 6.32. The summed E-state index contributed by atoms with van der Waals surface area (Å²) in [5, 5.41) is 0.499. The average Bonchev–Trinajstić information content (AvgIpc) is 2.65. The lowest BCUT2D eigenvalue weighted by molar-refractivity contribution is 0.0617. The standard InChI is InChI=1S/C15H16ClNO2/c16-11-6-7-12-13(8-11)15(19)17(14(12)18)9-10-4-2-1-3-5-10/h6-8,10H,1-5,9H2. The van der Waals surface area contributed by atoms with E-state index in [-0.39, 0.29) is 11.8 Å². The molecule has 1 aromatic carbocycles. The zero-order chi connectivity index (χ0) is 13.4. The second-order valence-electron chi connectivity index (χ2n) is 5.41. The lowest BCUT2D eigenvalue weighted by atomic mass is 9.89. The van der Waals surface area contributed by atoms with Gasteiger partial charge >= 0.3 is 0 Å². The van der Waals surface area contributed by atoms with Gasteiger partial charge in [-0.3, -0.25) is 14.5 Å². The Hall–Kier alpha value is -1.35. The summed E-state index contributed by atoms with van der Waals surface area (Å²) in [6, 6.07) is 4.91. The summed E-state index contributed by atoms with van der Waals surface area (Å²) in [5.41, 5.74) is 0.943. The van der Waals surface area contributed by atoms with Crippen molar-refractivity contribution in [3.8, 4) is 0 Å². The van der Waals surface area contributed by atoms with E-state index in [1.54, 1.807) is 18.2 Å². The fourth-order valence-electron chi connectivity index (χ4n) is 3.06. The molecule has 0 atom stereocenters. The van der Waals surface area contributed by atoms with Crippen molar-refractivity contribution in [2.24, 2.45) is 5.92 Å². The van der Waals surface area contributed by atoms with Gasteiger partial charge in [0.1, 0.15) is 0 Å². The molecular weight excluding hydrogens is 262 g/mol. The maximum atomic E-state index is 12.3. The normalized spacial score (nSPS) is 19.9. The summed E-state index contributed by atoms with van der Waals surface area (Å²) >= 11 is 5.89. The van der Waals surface area contributed by atoms with Gasteiger partial charge in [-0.15, -0.1) is 0 Å². The Kier molecular flexibility index (Phi) is 3.31. The molecular formula is C15H16ClNO2. The summed E-state index contributed by atoms with van der Waals surface area (Å²) in [7, 11) is 0. The number of amides is 2. The van der Waals surface area contributed by atoms with Crippen LogP contribution in [0.1, 0.15) is 52.8 Å². The molecule has 0 bridgehead atoms. The van der Waals surface area contributed by atoms with Crippen molar-refractivity contribution in [3.63, 3.8) is 0 Å². The molecule has 1 aliphatic carbocycles. The smallest absolute Gasteiger partial charge is 0.261 e. The number of nitrogens with zero attached hydrogens (tertiary/aromatic N) is 1. The van der Waals surface area contributed by atoms with E-state index in [9.17, 15) is 9.59 Å². The molecule has 2 amide bonds. The predicted molar refractivity (Wildman–Crippen MR) is 73.4 cm³/mol. The zero-order valence-electron chi connectivity index (χ0n) is 10.7. The first-order valence-electron chi connectivity index (χ1n) is 6.82. The molecule has 1 saturated carbocycles. The highest BCUT2D eigenvalue weighted by Crippen LogP contribution is 2.30. The number of halogens is 1. The SMILES string of the molecule is O=C1c2ccc(Cl)cc2C(=O)N1CC1CCCCC1. The first-order valence-corrected chi connectivity index (χ1v) is 7.20. The van der Waals surface area contributed by atoms with Crippen LogP contribution in [-0.2, 0) is 0 Å². The lowest BCUT2D eigenvalue weighted by Gasteiger charge is -2.25. The molecule has 0 aromatic heterocycles. The third-order valence-corrected chi connectivity index (χ3v) is 4.33. The third-order valence-electron chi connectivity index (χ3n) is 4.10. The van der Waals surface area contributed by atoms with E-state index < -0.39 is 0 Å². The van der Waals surface area contributed by atoms with E-state index in [4.69, 9.17) is 11.6 Å². The van der Waals surface area contributed by atoms with Crippen LogP contribution in [-0.4, -0.2) is 23.3 Å². The van der Waals surface area contributed by atoms with Crippen LogP contribution in [0.3, 0.4) is 0 Å². The van der Waals surface area contributed by atoms with E-state index >= 15 is 0 Å². The van der Waals surface area contributed by atoms with Crippen molar-refractivity contribution in [3.05, 3.63) is 34.3 Å². The molecule has 0 spiro atoms. The number of hydrogen-bond donors (Lipinski definition) is 0. The quantitative estimate of drug-likeness (QED) is 0.776. The molecule has 1 aliphatic heterocycles.